The van der Waals surface area contributed by atoms with Gasteiger partial charge in [0, 0.05) is 160 Å². The van der Waals surface area contributed by atoms with Crippen LogP contribution >= 0.6 is 22.7 Å². The van der Waals surface area contributed by atoms with Gasteiger partial charge in [0.05, 0.1) is 24.2 Å². The van der Waals surface area contributed by atoms with Crippen molar-refractivity contribution in [2.75, 3.05) is 115 Å². The first-order valence-electron chi connectivity index (χ1n) is 35.4. The molecular formula is C76H96N8O10S2. The van der Waals surface area contributed by atoms with E-state index in [0.717, 1.165) is 166 Å². The van der Waals surface area contributed by atoms with Crippen LogP contribution in [-0.4, -0.2) is 157 Å². The minimum Gasteiger partial charge on any atom is -0.494 e. The Morgan fingerprint density at radius 2 is 0.771 bits per heavy atom. The summed E-state index contributed by atoms with van der Waals surface area (Å²) in [5.74, 6) is 0.984. The zero-order chi connectivity index (χ0) is 66.3. The number of nitrogens with zero attached hydrogens (tertiary/aromatic N) is 8. The second-order valence-corrected chi connectivity index (χ2v) is 27.8. The van der Waals surface area contributed by atoms with E-state index in [2.05, 4.69) is 78.9 Å². The largest absolute Gasteiger partial charge is 0.494 e. The molecule has 7 heterocycles. The van der Waals surface area contributed by atoms with Gasteiger partial charge < -0.3 is 38.5 Å². The van der Waals surface area contributed by atoms with Crippen molar-refractivity contribution >= 4 is 99.8 Å². The van der Waals surface area contributed by atoms with E-state index in [1.807, 2.05) is 46.2 Å². The molecule has 0 aliphatic carbocycles. The number of rotatable bonds is 36. The summed E-state index contributed by atoms with van der Waals surface area (Å²) in [6.45, 7) is 13.5. The summed E-state index contributed by atoms with van der Waals surface area (Å²) in [7, 11) is 0. The number of piperazine rings is 3. The van der Waals surface area contributed by atoms with E-state index < -0.39 is 0 Å². The van der Waals surface area contributed by atoms with Gasteiger partial charge in [-0.05, 0) is 159 Å². The molecule has 3 aliphatic heterocycles. The van der Waals surface area contributed by atoms with Gasteiger partial charge in [-0.15, -0.1) is 22.7 Å². The molecule has 512 valence electrons. The summed E-state index contributed by atoms with van der Waals surface area (Å²) in [4.78, 5) is 91.5. The summed E-state index contributed by atoms with van der Waals surface area (Å²) in [6, 6.07) is 35.7. The quantitative estimate of drug-likeness (QED) is 0.0269. The Bertz CT molecular complexity index is 3700. The summed E-state index contributed by atoms with van der Waals surface area (Å²) < 4.78 is 29.2. The van der Waals surface area contributed by atoms with Crippen molar-refractivity contribution in [1.29, 1.82) is 0 Å². The maximum absolute atomic E-state index is 13.0. The van der Waals surface area contributed by atoms with Gasteiger partial charge >= 0.3 is 11.9 Å². The molecule has 0 bridgehead atoms. The number of carbonyl (C=O) groups excluding carboxylic acids is 4. The molecule has 0 radical (unpaired) electrons. The van der Waals surface area contributed by atoms with Gasteiger partial charge in [0.1, 0.15) is 11.5 Å². The molecule has 20 heteroatoms. The molecule has 11 rings (SSSR count). The summed E-state index contributed by atoms with van der Waals surface area (Å²) >= 11 is 3.59. The number of esters is 2. The van der Waals surface area contributed by atoms with E-state index in [0.29, 0.717) is 87.6 Å². The maximum atomic E-state index is 13.0. The lowest BCUT2D eigenvalue weighted by molar-refractivity contribution is -0.148. The first-order valence-corrected chi connectivity index (χ1v) is 37.1. The molecule has 0 unspecified atom stereocenters. The molecule has 3 saturated heterocycles. The van der Waals surface area contributed by atoms with Crippen molar-refractivity contribution in [3.05, 3.63) is 141 Å². The number of aromatic nitrogens is 2. The van der Waals surface area contributed by atoms with Gasteiger partial charge in [0.15, 0.2) is 13.5 Å². The standard InChI is InChI=1S/C76H96N8O10S2/c85-71(23-9-5-1-3-7-11-25-75(89)93-57-83-67-55-61(31-27-59(67)29-33-73(83)87)91-51-15-13-37-77-39-43-79(44-40-77)65-19-17-21-69-63(65)35-53-95-69)81-47-49-82(50-48-81)72(86)24-10-6-2-4-8-12-26-76(90)94-58-84-68-56-62(32-28-60(68)30-34-74(84)88)92-52-16-14-38-78-41-45-80(46-42-78)66-20-18-22-70-64(66)36-54-96-70/h17-22,27-36,53-56H,1-16,23-26,37-52,57-58H2. The van der Waals surface area contributed by atoms with Crippen LogP contribution in [0.25, 0.3) is 42.0 Å². The number of anilines is 2. The highest BCUT2D eigenvalue weighted by Gasteiger charge is 2.25. The van der Waals surface area contributed by atoms with Crippen LogP contribution < -0.4 is 30.4 Å². The number of unbranched alkanes of at least 4 members (excludes halogenated alkanes) is 12. The van der Waals surface area contributed by atoms with E-state index in [9.17, 15) is 28.8 Å². The summed E-state index contributed by atoms with van der Waals surface area (Å²) in [5.41, 5.74) is 3.54. The molecule has 0 atom stereocenters. The zero-order valence-electron chi connectivity index (χ0n) is 55.9. The van der Waals surface area contributed by atoms with E-state index in [-0.39, 0.29) is 61.2 Å². The van der Waals surface area contributed by atoms with Gasteiger partial charge in [0.2, 0.25) is 11.8 Å². The minimum absolute atomic E-state index is 0.142. The van der Waals surface area contributed by atoms with E-state index in [1.54, 1.807) is 34.8 Å². The third-order valence-electron chi connectivity index (χ3n) is 19.3. The Balaban J connectivity index is 0.472. The number of fused-ring (bicyclic) bond motifs is 4. The van der Waals surface area contributed by atoms with Gasteiger partial charge in [-0.25, -0.2) is 0 Å². The number of thiophene rings is 2. The number of amides is 2. The molecule has 0 N–H and O–H groups in total. The SMILES string of the molecule is O=C(CCCCCCCCC(=O)N1CCN(C(=O)CCCCCCCCC(=O)OCn2c(=O)ccc3ccc(OCCCCN4CCN(c5cccc6sccc56)CC4)cc32)CC1)OCn1c(=O)ccc2ccc(OCCCCN3CCN(c4cccc5sccc45)CC3)cc21. The van der Waals surface area contributed by atoms with Crippen LogP contribution in [0.15, 0.2) is 130 Å². The Hall–Kier alpha value is -7.78. The minimum atomic E-state index is -0.334. The summed E-state index contributed by atoms with van der Waals surface area (Å²) in [6.07, 6.45) is 16.0. The molecule has 96 heavy (non-hydrogen) atoms. The predicted octanol–water partition coefficient (Wildman–Crippen LogP) is 13.3. The highest BCUT2D eigenvalue weighted by molar-refractivity contribution is 7.17. The monoisotopic (exact) mass is 1340 g/mol. The zero-order valence-corrected chi connectivity index (χ0v) is 57.5. The lowest BCUT2D eigenvalue weighted by atomic mass is 10.1. The molecule has 0 spiro atoms. The fourth-order valence-electron chi connectivity index (χ4n) is 13.6. The average Bonchev–Trinajstić information content (AvgIpc) is 1.18. The first-order chi connectivity index (χ1) is 47.1. The number of ether oxygens (including phenoxy) is 4. The topological polar surface area (TPSA) is 169 Å². The van der Waals surface area contributed by atoms with Crippen LogP contribution in [0.5, 0.6) is 11.5 Å². The Kier molecular flexibility index (Phi) is 26.1. The maximum Gasteiger partial charge on any atom is 0.307 e. The van der Waals surface area contributed by atoms with Gasteiger partial charge in [-0.2, -0.15) is 0 Å². The lowest BCUT2D eigenvalue weighted by Crippen LogP contribution is -2.50. The van der Waals surface area contributed by atoms with E-state index >= 15 is 0 Å². The van der Waals surface area contributed by atoms with Crippen molar-refractivity contribution in [3.8, 4) is 11.5 Å². The third kappa shape index (κ3) is 19.7. The number of pyridine rings is 2. The van der Waals surface area contributed by atoms with Crippen LogP contribution in [0.4, 0.5) is 11.4 Å². The van der Waals surface area contributed by atoms with Gasteiger partial charge in [-0.1, -0.05) is 63.5 Å². The fourth-order valence-corrected chi connectivity index (χ4v) is 15.2. The fraction of sp³-hybridized carbons (Fsp3) is 0.500. The Labute approximate surface area is 572 Å². The first kappa shape index (κ1) is 69.6. The molecular weight excluding hydrogens is 1250 g/mol. The van der Waals surface area contributed by atoms with Crippen molar-refractivity contribution in [3.63, 3.8) is 0 Å². The molecule has 0 saturated carbocycles. The number of carbonyl (C=O) groups is 4. The highest BCUT2D eigenvalue weighted by atomic mass is 32.1. The van der Waals surface area contributed by atoms with Crippen LogP contribution in [0.3, 0.4) is 0 Å². The number of hydrogen-bond acceptors (Lipinski definition) is 16. The smallest absolute Gasteiger partial charge is 0.307 e. The molecule has 8 aromatic rings. The van der Waals surface area contributed by atoms with Crippen molar-refractivity contribution in [2.45, 2.75) is 142 Å². The number of hydrogen-bond donors (Lipinski definition) is 0. The molecule has 2 amide bonds. The van der Waals surface area contributed by atoms with E-state index in [1.165, 1.54) is 52.8 Å². The molecule has 3 fully saturated rings. The molecule has 4 aromatic carbocycles. The normalized spacial score (nSPS) is 14.9. The summed E-state index contributed by atoms with van der Waals surface area (Å²) in [5, 5.41) is 8.78. The Morgan fingerprint density at radius 1 is 0.385 bits per heavy atom. The molecule has 18 nitrogen and oxygen atoms in total. The van der Waals surface area contributed by atoms with Crippen molar-refractivity contribution in [1.82, 2.24) is 28.7 Å². The van der Waals surface area contributed by atoms with Gasteiger partial charge in [0.25, 0.3) is 11.1 Å². The van der Waals surface area contributed by atoms with Crippen molar-refractivity contribution in [2.24, 2.45) is 0 Å². The second-order valence-electron chi connectivity index (χ2n) is 25.9. The van der Waals surface area contributed by atoms with Crippen molar-refractivity contribution < 1.29 is 38.1 Å². The second kappa shape index (κ2) is 36.0. The average molecular weight is 1350 g/mol. The highest BCUT2D eigenvalue weighted by Crippen LogP contribution is 2.33. The van der Waals surface area contributed by atoms with Crippen LogP contribution in [0.1, 0.15) is 128 Å². The Morgan fingerprint density at radius 3 is 1.19 bits per heavy atom. The third-order valence-corrected chi connectivity index (χ3v) is 21.1. The predicted molar refractivity (Wildman–Crippen MR) is 386 cm³/mol. The van der Waals surface area contributed by atoms with Crippen LogP contribution in [-0.2, 0) is 42.1 Å². The van der Waals surface area contributed by atoms with Crippen LogP contribution in [0, 0.1) is 0 Å². The van der Waals surface area contributed by atoms with Crippen LogP contribution in [0.2, 0.25) is 0 Å². The molecule has 4 aromatic heterocycles. The molecule has 3 aliphatic rings. The number of benzene rings is 4. The van der Waals surface area contributed by atoms with E-state index in [4.69, 9.17) is 18.9 Å². The lowest BCUT2D eigenvalue weighted by Gasteiger charge is -2.36. The van der Waals surface area contributed by atoms with Gasteiger partial charge in [-0.3, -0.25) is 47.7 Å².